The van der Waals surface area contributed by atoms with E-state index in [0.29, 0.717) is 12.3 Å². The lowest BCUT2D eigenvalue weighted by Crippen LogP contribution is -2.39. The van der Waals surface area contributed by atoms with Gasteiger partial charge in [-0.25, -0.2) is 0 Å². The fourth-order valence-corrected chi connectivity index (χ4v) is 4.77. The first-order valence-corrected chi connectivity index (χ1v) is 12.2. The number of hydrogen-bond donors (Lipinski definition) is 1. The third-order valence-corrected chi connectivity index (χ3v) is 6.79. The van der Waals surface area contributed by atoms with Crippen LogP contribution in [0.3, 0.4) is 0 Å². The van der Waals surface area contributed by atoms with Gasteiger partial charge in [0.25, 0.3) is 0 Å². The normalized spacial score (nSPS) is 17.8. The van der Waals surface area contributed by atoms with E-state index in [-0.39, 0.29) is 29.7 Å². The summed E-state index contributed by atoms with van der Waals surface area (Å²) in [5, 5.41) is 3.02. The molecule has 1 heterocycles. The van der Waals surface area contributed by atoms with Crippen LogP contribution in [-0.2, 0) is 9.59 Å². The molecule has 3 atom stereocenters. The Bertz CT molecular complexity index is 928. The quantitative estimate of drug-likeness (QED) is 0.531. The number of carbonyl (C=O) groups excluding carboxylic acids is 2. The molecule has 3 rings (SSSR count). The summed E-state index contributed by atoms with van der Waals surface area (Å²) in [6.07, 6.45) is 2.99. The molecule has 5 nitrogen and oxygen atoms in total. The number of carbonyl (C=O) groups is 2. The molecule has 5 heteroatoms. The van der Waals surface area contributed by atoms with Gasteiger partial charge in [0.15, 0.2) is 0 Å². The average Bonchev–Trinajstić information content (AvgIpc) is 3.32. The van der Waals surface area contributed by atoms with Crippen molar-refractivity contribution in [3.63, 3.8) is 0 Å². The second-order valence-corrected chi connectivity index (χ2v) is 9.69. The number of nitrogens with zero attached hydrogens (tertiary/aromatic N) is 2. The molecule has 0 bridgehead atoms. The lowest BCUT2D eigenvalue weighted by Gasteiger charge is -2.31. The fourth-order valence-electron chi connectivity index (χ4n) is 4.77. The molecular formula is C28H39N3O2. The minimum Gasteiger partial charge on any atom is -0.345 e. The van der Waals surface area contributed by atoms with Gasteiger partial charge in [-0.2, -0.15) is 0 Å². The topological polar surface area (TPSA) is 52.7 Å². The zero-order valence-electron chi connectivity index (χ0n) is 20.8. The Balaban J connectivity index is 1.81. The number of para-hydroxylation sites is 1. The Morgan fingerprint density at radius 3 is 2.42 bits per heavy atom. The van der Waals surface area contributed by atoms with Crippen LogP contribution in [0, 0.1) is 11.8 Å². The molecule has 1 fully saturated rings. The monoisotopic (exact) mass is 449 g/mol. The van der Waals surface area contributed by atoms with E-state index in [0.717, 1.165) is 37.2 Å². The number of rotatable bonds is 10. The maximum absolute atomic E-state index is 13.7. The van der Waals surface area contributed by atoms with Crippen LogP contribution in [0.5, 0.6) is 0 Å². The number of hydrogen-bond acceptors (Lipinski definition) is 4. The van der Waals surface area contributed by atoms with Crippen LogP contribution in [0.4, 0.5) is 11.4 Å². The van der Waals surface area contributed by atoms with Crippen molar-refractivity contribution in [2.24, 2.45) is 11.8 Å². The van der Waals surface area contributed by atoms with Gasteiger partial charge in [-0.15, -0.1) is 0 Å². The van der Waals surface area contributed by atoms with Crippen molar-refractivity contribution in [2.75, 3.05) is 25.5 Å². The van der Waals surface area contributed by atoms with E-state index < -0.39 is 0 Å². The molecule has 0 aliphatic carbocycles. The van der Waals surface area contributed by atoms with Crippen LogP contribution in [0.1, 0.15) is 58.1 Å². The van der Waals surface area contributed by atoms with E-state index in [1.165, 1.54) is 5.56 Å². The van der Waals surface area contributed by atoms with Gasteiger partial charge in [0, 0.05) is 37.3 Å². The Kier molecular flexibility index (Phi) is 8.67. The number of nitrogens with one attached hydrogen (secondary N) is 1. The van der Waals surface area contributed by atoms with E-state index in [9.17, 15) is 9.59 Å². The fraction of sp³-hybridized carbons (Fsp3) is 0.500. The lowest BCUT2D eigenvalue weighted by molar-refractivity contribution is -0.139. The van der Waals surface area contributed by atoms with Crippen LogP contribution < -0.4 is 10.2 Å². The first-order chi connectivity index (χ1) is 15.8. The first kappa shape index (κ1) is 25.0. The maximum atomic E-state index is 13.7. The number of likely N-dealkylation sites (N-methyl/N-ethyl adjacent to an activating group) is 1. The molecule has 1 aliphatic heterocycles. The van der Waals surface area contributed by atoms with Crippen molar-refractivity contribution in [2.45, 2.75) is 58.5 Å². The van der Waals surface area contributed by atoms with Gasteiger partial charge in [-0.3, -0.25) is 9.59 Å². The van der Waals surface area contributed by atoms with Crippen molar-refractivity contribution in [3.8, 4) is 0 Å². The van der Waals surface area contributed by atoms with Crippen molar-refractivity contribution >= 4 is 23.1 Å². The van der Waals surface area contributed by atoms with E-state index in [2.05, 4.69) is 67.5 Å². The highest BCUT2D eigenvalue weighted by Gasteiger charge is 2.35. The van der Waals surface area contributed by atoms with E-state index >= 15 is 0 Å². The van der Waals surface area contributed by atoms with E-state index in [1.807, 2.05) is 30.0 Å². The van der Waals surface area contributed by atoms with Gasteiger partial charge in [-0.1, -0.05) is 44.2 Å². The van der Waals surface area contributed by atoms with Crippen LogP contribution in [0.15, 0.2) is 54.6 Å². The van der Waals surface area contributed by atoms with Crippen molar-refractivity contribution in [1.29, 1.82) is 0 Å². The summed E-state index contributed by atoms with van der Waals surface area (Å²) in [5.74, 6) is 0.341. The predicted octanol–water partition coefficient (Wildman–Crippen LogP) is 5.35. The zero-order valence-corrected chi connectivity index (χ0v) is 20.8. The minimum atomic E-state index is -0.260. The van der Waals surface area contributed by atoms with Gasteiger partial charge in [0.2, 0.25) is 5.91 Å². The van der Waals surface area contributed by atoms with Gasteiger partial charge < -0.3 is 15.1 Å². The molecule has 0 aromatic heterocycles. The highest BCUT2D eigenvalue weighted by molar-refractivity contribution is 5.89. The molecule has 178 valence electrons. The highest BCUT2D eigenvalue weighted by Crippen LogP contribution is 2.36. The molecule has 0 saturated carbocycles. The second kappa shape index (κ2) is 11.5. The largest absolute Gasteiger partial charge is 0.345 e. The molecule has 1 aliphatic rings. The Morgan fingerprint density at radius 2 is 1.76 bits per heavy atom. The van der Waals surface area contributed by atoms with Crippen LogP contribution in [0.2, 0.25) is 0 Å². The van der Waals surface area contributed by atoms with Gasteiger partial charge in [-0.05, 0) is 69.0 Å². The molecule has 2 aromatic rings. The molecule has 1 amide bonds. The molecule has 33 heavy (non-hydrogen) atoms. The Morgan fingerprint density at radius 1 is 1.06 bits per heavy atom. The molecule has 0 unspecified atom stereocenters. The summed E-state index contributed by atoms with van der Waals surface area (Å²) in [7, 11) is 3.86. The first-order valence-electron chi connectivity index (χ1n) is 12.2. The number of benzene rings is 2. The molecule has 0 spiro atoms. The molecule has 0 radical (unpaired) electrons. The van der Waals surface area contributed by atoms with Gasteiger partial charge in [0.1, 0.15) is 5.78 Å². The van der Waals surface area contributed by atoms with Crippen molar-refractivity contribution < 1.29 is 9.59 Å². The Hall–Kier alpha value is -2.66. The predicted molar refractivity (Wildman–Crippen MR) is 136 cm³/mol. The number of amides is 1. The minimum absolute atomic E-state index is 0.0631. The third kappa shape index (κ3) is 6.23. The number of Topliss-reactive ketones (excluding diaryl/α,β-unsaturated/α-hetero) is 1. The maximum Gasteiger partial charge on any atom is 0.226 e. The van der Waals surface area contributed by atoms with Crippen LogP contribution in [-0.4, -0.2) is 43.3 Å². The summed E-state index contributed by atoms with van der Waals surface area (Å²) >= 11 is 0. The summed E-state index contributed by atoms with van der Waals surface area (Å²) in [6, 6.07) is 18.6. The molecule has 1 N–H and O–H groups in total. The SMILES string of the molecule is CN[C@@H](C)C(=O)C[C@@H](CC(C)C)C(=O)N1CCC[C@H]1c1cccc(N(C)c2ccccc2)c1. The van der Waals surface area contributed by atoms with E-state index in [1.54, 1.807) is 7.05 Å². The third-order valence-electron chi connectivity index (χ3n) is 6.79. The standard InChI is InChI=1S/C28H39N3O2/c1-20(2)17-23(19-27(32)21(3)29-4)28(33)31-16-10-15-26(31)22-11-9-14-25(18-22)30(5)24-12-7-6-8-13-24/h6-9,11-14,18,20-21,23,26,29H,10,15-17,19H2,1-5H3/t21-,23+,26-/m0/s1. The van der Waals surface area contributed by atoms with Crippen LogP contribution in [0.25, 0.3) is 0 Å². The molecule has 2 aromatic carbocycles. The zero-order chi connectivity index (χ0) is 24.0. The summed E-state index contributed by atoms with van der Waals surface area (Å²) in [6.45, 7) is 6.87. The highest BCUT2D eigenvalue weighted by atomic mass is 16.2. The summed E-state index contributed by atoms with van der Waals surface area (Å²) < 4.78 is 0. The van der Waals surface area contributed by atoms with E-state index in [4.69, 9.17) is 0 Å². The smallest absolute Gasteiger partial charge is 0.226 e. The Labute approximate surface area is 199 Å². The summed E-state index contributed by atoms with van der Waals surface area (Å²) in [5.41, 5.74) is 3.40. The number of likely N-dealkylation sites (tertiary alicyclic amines) is 1. The summed E-state index contributed by atoms with van der Waals surface area (Å²) in [4.78, 5) is 30.6. The average molecular weight is 450 g/mol. The van der Waals surface area contributed by atoms with Crippen LogP contribution >= 0.6 is 0 Å². The second-order valence-electron chi connectivity index (χ2n) is 9.69. The lowest BCUT2D eigenvalue weighted by atomic mass is 9.89. The van der Waals surface area contributed by atoms with Crippen molar-refractivity contribution in [3.05, 3.63) is 60.2 Å². The number of ketones is 1. The van der Waals surface area contributed by atoms with Gasteiger partial charge >= 0.3 is 0 Å². The van der Waals surface area contributed by atoms with Gasteiger partial charge in [0.05, 0.1) is 12.1 Å². The molecular weight excluding hydrogens is 410 g/mol. The van der Waals surface area contributed by atoms with Crippen molar-refractivity contribution in [1.82, 2.24) is 10.2 Å². The molecule has 1 saturated heterocycles. The number of anilines is 2.